The Kier molecular flexibility index (Phi) is 3.29. The van der Waals surface area contributed by atoms with Crippen molar-refractivity contribution in [2.75, 3.05) is 0 Å². The molecule has 0 bridgehead atoms. The molecule has 0 amide bonds. The Labute approximate surface area is 109 Å². The smallest absolute Gasteiger partial charge is 0.338 e. The summed E-state index contributed by atoms with van der Waals surface area (Å²) in [5.41, 5.74) is 0.850. The molecular weight excluding hydrogens is 246 g/mol. The van der Waals surface area contributed by atoms with Crippen LogP contribution in [-0.2, 0) is 0 Å². The van der Waals surface area contributed by atoms with Crippen molar-refractivity contribution in [3.63, 3.8) is 0 Å². The zero-order valence-electron chi connectivity index (χ0n) is 10.1. The lowest BCUT2D eigenvalue weighted by Crippen LogP contribution is -2.12. The van der Waals surface area contributed by atoms with Crippen molar-refractivity contribution in [1.82, 2.24) is 4.98 Å². The first-order valence-corrected chi connectivity index (χ1v) is 5.54. The van der Waals surface area contributed by atoms with Crippen LogP contribution in [0.25, 0.3) is 11.3 Å². The SMILES string of the molecule is Cc1nc(-c2ccccc2)cc(C(=O)O)c1C(=O)O. The van der Waals surface area contributed by atoms with Gasteiger partial charge in [-0.25, -0.2) is 9.59 Å². The van der Waals surface area contributed by atoms with Crippen LogP contribution in [-0.4, -0.2) is 27.1 Å². The van der Waals surface area contributed by atoms with Crippen molar-refractivity contribution in [2.45, 2.75) is 6.92 Å². The van der Waals surface area contributed by atoms with Crippen molar-refractivity contribution in [3.8, 4) is 11.3 Å². The van der Waals surface area contributed by atoms with E-state index < -0.39 is 11.9 Å². The third-order valence-electron chi connectivity index (χ3n) is 2.71. The van der Waals surface area contributed by atoms with Gasteiger partial charge >= 0.3 is 11.9 Å². The molecule has 5 nitrogen and oxygen atoms in total. The number of nitrogens with zero attached hydrogens (tertiary/aromatic N) is 1. The molecule has 19 heavy (non-hydrogen) atoms. The molecule has 0 aliphatic rings. The topological polar surface area (TPSA) is 87.5 Å². The molecule has 1 aromatic heterocycles. The molecule has 2 N–H and O–H groups in total. The second-order valence-electron chi connectivity index (χ2n) is 3.99. The quantitative estimate of drug-likeness (QED) is 0.881. The largest absolute Gasteiger partial charge is 0.478 e. The van der Waals surface area contributed by atoms with Gasteiger partial charge in [-0.2, -0.15) is 0 Å². The minimum Gasteiger partial charge on any atom is -0.478 e. The van der Waals surface area contributed by atoms with E-state index in [4.69, 9.17) is 10.2 Å². The molecule has 0 spiro atoms. The van der Waals surface area contributed by atoms with Crippen molar-refractivity contribution < 1.29 is 19.8 Å². The fourth-order valence-electron chi connectivity index (χ4n) is 1.87. The summed E-state index contributed by atoms with van der Waals surface area (Å²) in [6, 6.07) is 10.3. The highest BCUT2D eigenvalue weighted by Gasteiger charge is 2.21. The molecule has 2 rings (SSSR count). The summed E-state index contributed by atoms with van der Waals surface area (Å²) < 4.78 is 0. The van der Waals surface area contributed by atoms with Gasteiger partial charge < -0.3 is 10.2 Å². The minimum absolute atomic E-state index is 0.186. The van der Waals surface area contributed by atoms with E-state index in [1.54, 1.807) is 24.3 Å². The number of rotatable bonds is 3. The third kappa shape index (κ3) is 2.44. The maximum absolute atomic E-state index is 11.2. The van der Waals surface area contributed by atoms with Crippen LogP contribution >= 0.6 is 0 Å². The highest BCUT2D eigenvalue weighted by atomic mass is 16.4. The Morgan fingerprint density at radius 1 is 1.05 bits per heavy atom. The zero-order chi connectivity index (χ0) is 14.0. The Morgan fingerprint density at radius 3 is 2.21 bits per heavy atom. The highest BCUT2D eigenvalue weighted by Crippen LogP contribution is 2.22. The summed E-state index contributed by atoms with van der Waals surface area (Å²) in [6.45, 7) is 1.49. The van der Waals surface area contributed by atoms with Crippen LogP contribution in [0.4, 0.5) is 0 Å². The van der Waals surface area contributed by atoms with Crippen LogP contribution in [0.2, 0.25) is 0 Å². The first-order chi connectivity index (χ1) is 9.00. The number of aromatic carboxylic acids is 2. The summed E-state index contributed by atoms with van der Waals surface area (Å²) in [7, 11) is 0. The van der Waals surface area contributed by atoms with E-state index in [0.29, 0.717) is 5.69 Å². The molecule has 96 valence electrons. The average molecular weight is 257 g/mol. The maximum atomic E-state index is 11.2. The van der Waals surface area contributed by atoms with E-state index in [1.165, 1.54) is 13.0 Å². The normalized spacial score (nSPS) is 10.2. The molecule has 0 aliphatic heterocycles. The van der Waals surface area contributed by atoms with Gasteiger partial charge in [-0.3, -0.25) is 4.98 Å². The van der Waals surface area contributed by atoms with Gasteiger partial charge in [-0.05, 0) is 13.0 Å². The summed E-state index contributed by atoms with van der Waals surface area (Å²) in [5.74, 6) is -2.57. The lowest BCUT2D eigenvalue weighted by atomic mass is 10.0. The Hall–Kier alpha value is -2.69. The third-order valence-corrected chi connectivity index (χ3v) is 2.71. The number of aromatic nitrogens is 1. The van der Waals surface area contributed by atoms with Crippen LogP contribution in [0.15, 0.2) is 36.4 Å². The van der Waals surface area contributed by atoms with E-state index in [1.807, 2.05) is 6.07 Å². The summed E-state index contributed by atoms with van der Waals surface area (Å²) in [5, 5.41) is 18.2. The molecule has 0 radical (unpaired) electrons. The van der Waals surface area contributed by atoms with Crippen LogP contribution < -0.4 is 0 Å². The van der Waals surface area contributed by atoms with Gasteiger partial charge in [0.05, 0.1) is 22.5 Å². The molecule has 0 aliphatic carbocycles. The highest BCUT2D eigenvalue weighted by molar-refractivity contribution is 6.03. The molecule has 0 saturated carbocycles. The van der Waals surface area contributed by atoms with Gasteiger partial charge in [0.2, 0.25) is 0 Å². The lowest BCUT2D eigenvalue weighted by Gasteiger charge is -2.08. The van der Waals surface area contributed by atoms with Gasteiger partial charge in [0.1, 0.15) is 0 Å². The Balaban J connectivity index is 2.68. The minimum atomic E-state index is -1.29. The van der Waals surface area contributed by atoms with Crippen LogP contribution in [0.5, 0.6) is 0 Å². The summed E-state index contributed by atoms with van der Waals surface area (Å²) in [4.78, 5) is 26.4. The molecule has 0 saturated heterocycles. The van der Waals surface area contributed by atoms with Crippen molar-refractivity contribution in [2.24, 2.45) is 0 Å². The number of aryl methyl sites for hydroxylation is 1. The second-order valence-corrected chi connectivity index (χ2v) is 3.99. The van der Waals surface area contributed by atoms with Gasteiger partial charge in [0.15, 0.2) is 0 Å². The van der Waals surface area contributed by atoms with E-state index in [0.717, 1.165) is 5.56 Å². The number of hydrogen-bond acceptors (Lipinski definition) is 3. The van der Waals surface area contributed by atoms with Gasteiger partial charge in [-0.15, -0.1) is 0 Å². The average Bonchev–Trinajstić information content (AvgIpc) is 2.38. The zero-order valence-corrected chi connectivity index (χ0v) is 10.1. The number of benzene rings is 1. The molecular formula is C14H11NO4. The van der Waals surface area contributed by atoms with Crippen molar-refractivity contribution in [1.29, 1.82) is 0 Å². The van der Waals surface area contributed by atoms with Gasteiger partial charge in [-0.1, -0.05) is 30.3 Å². The Bertz CT molecular complexity index is 650. The molecule has 0 fully saturated rings. The molecule has 2 aromatic rings. The standard InChI is InChI=1S/C14H11NO4/c1-8-12(14(18)19)10(13(16)17)7-11(15-8)9-5-3-2-4-6-9/h2-7H,1H3,(H,16,17)(H,18,19). The van der Waals surface area contributed by atoms with E-state index in [9.17, 15) is 9.59 Å². The van der Waals surface area contributed by atoms with Gasteiger partial charge in [0, 0.05) is 5.56 Å². The molecule has 5 heteroatoms. The van der Waals surface area contributed by atoms with E-state index in [2.05, 4.69) is 4.98 Å². The Morgan fingerprint density at radius 2 is 1.68 bits per heavy atom. The van der Waals surface area contributed by atoms with Crippen LogP contribution in [0, 0.1) is 6.92 Å². The first kappa shape index (κ1) is 12.8. The molecule has 1 heterocycles. The predicted molar refractivity (Wildman–Crippen MR) is 68.3 cm³/mol. The number of hydrogen-bond donors (Lipinski definition) is 2. The number of pyridine rings is 1. The fourth-order valence-corrected chi connectivity index (χ4v) is 1.87. The van der Waals surface area contributed by atoms with Gasteiger partial charge in [0.25, 0.3) is 0 Å². The number of carboxylic acid groups (broad SMARTS) is 2. The van der Waals surface area contributed by atoms with Crippen LogP contribution in [0.3, 0.4) is 0 Å². The maximum Gasteiger partial charge on any atom is 0.338 e. The van der Waals surface area contributed by atoms with Crippen molar-refractivity contribution >= 4 is 11.9 Å². The summed E-state index contributed by atoms with van der Waals surface area (Å²) >= 11 is 0. The molecule has 0 atom stereocenters. The second kappa shape index (κ2) is 4.89. The molecule has 1 aromatic carbocycles. The molecule has 0 unspecified atom stereocenters. The summed E-state index contributed by atoms with van der Waals surface area (Å²) in [6.07, 6.45) is 0. The van der Waals surface area contributed by atoms with Crippen molar-refractivity contribution in [3.05, 3.63) is 53.2 Å². The van der Waals surface area contributed by atoms with E-state index >= 15 is 0 Å². The predicted octanol–water partition coefficient (Wildman–Crippen LogP) is 2.45. The van der Waals surface area contributed by atoms with Crippen LogP contribution in [0.1, 0.15) is 26.4 Å². The number of carboxylic acids is 2. The first-order valence-electron chi connectivity index (χ1n) is 5.54. The monoisotopic (exact) mass is 257 g/mol. The fraction of sp³-hybridized carbons (Fsp3) is 0.0714. The van der Waals surface area contributed by atoms with E-state index in [-0.39, 0.29) is 16.8 Å². The lowest BCUT2D eigenvalue weighted by molar-refractivity contribution is 0.0650. The number of carbonyl (C=O) groups is 2.